The molecule has 0 unspecified atom stereocenters. The maximum atomic E-state index is 12.9. The minimum absolute atomic E-state index is 0.0934. The first-order chi connectivity index (χ1) is 10.2. The Morgan fingerprint density at radius 3 is 2.59 bits per heavy atom. The van der Waals surface area contributed by atoms with E-state index in [4.69, 9.17) is 21.8 Å². The highest BCUT2D eigenvalue weighted by Gasteiger charge is 2.34. The summed E-state index contributed by atoms with van der Waals surface area (Å²) in [5, 5.41) is 0.0969. The minimum Gasteiger partial charge on any atom is -0.457 e. The van der Waals surface area contributed by atoms with E-state index >= 15 is 0 Å². The molecule has 0 aliphatic heterocycles. The van der Waals surface area contributed by atoms with Crippen LogP contribution in [0.15, 0.2) is 39.2 Å². The fourth-order valence-corrected chi connectivity index (χ4v) is 2.66. The number of carbonyl (C=O) groups excluding carboxylic acids is 1. The summed E-state index contributed by atoms with van der Waals surface area (Å²) in [6, 6.07) is 4.99. The van der Waals surface area contributed by atoms with Gasteiger partial charge >= 0.3 is 6.18 Å². The minimum atomic E-state index is -4.53. The number of rotatable bonds is 3. The molecule has 0 bridgehead atoms. The van der Waals surface area contributed by atoms with Crippen LogP contribution < -0.4 is 5.73 Å². The van der Waals surface area contributed by atoms with Gasteiger partial charge in [-0.05, 0) is 30.3 Å². The molecule has 1 heterocycles. The standard InChI is InChI=1S/C14H8BrClF3NO2/c15-10-6-11(16)8(5-9(10)14(17,18)19)12-3-1-7(22-12)2-4-13(20)21/h1-6H,(H2,20,21)/b4-2-. The smallest absolute Gasteiger partial charge is 0.417 e. The van der Waals surface area contributed by atoms with Gasteiger partial charge in [-0.3, -0.25) is 4.79 Å². The maximum absolute atomic E-state index is 12.9. The van der Waals surface area contributed by atoms with E-state index in [-0.39, 0.29) is 26.6 Å². The normalized spacial score (nSPS) is 12.0. The van der Waals surface area contributed by atoms with Crippen molar-refractivity contribution in [2.24, 2.45) is 5.73 Å². The Bertz CT molecular complexity index is 753. The van der Waals surface area contributed by atoms with Crippen molar-refractivity contribution in [3.05, 3.63) is 51.2 Å². The number of hydrogen-bond donors (Lipinski definition) is 1. The SMILES string of the molecule is NC(=O)/C=C\c1ccc(-c2cc(C(F)(F)F)c(Br)cc2Cl)o1. The Morgan fingerprint density at radius 1 is 1.32 bits per heavy atom. The van der Waals surface area contributed by atoms with Crippen molar-refractivity contribution in [3.8, 4) is 11.3 Å². The molecule has 0 fully saturated rings. The molecule has 0 aliphatic carbocycles. The zero-order chi connectivity index (χ0) is 16.5. The summed E-state index contributed by atoms with van der Waals surface area (Å²) in [5.74, 6) is -0.257. The first kappa shape index (κ1) is 16.6. The lowest BCUT2D eigenvalue weighted by atomic mass is 10.1. The van der Waals surface area contributed by atoms with Crippen LogP contribution in [0.4, 0.5) is 13.2 Å². The highest BCUT2D eigenvalue weighted by atomic mass is 79.9. The number of alkyl halides is 3. The van der Waals surface area contributed by atoms with Gasteiger partial charge in [-0.2, -0.15) is 13.2 Å². The van der Waals surface area contributed by atoms with E-state index in [1.54, 1.807) is 0 Å². The van der Waals surface area contributed by atoms with Crippen LogP contribution in [0.25, 0.3) is 17.4 Å². The Balaban J connectivity index is 2.47. The van der Waals surface area contributed by atoms with Crippen LogP contribution in [0.2, 0.25) is 5.02 Å². The van der Waals surface area contributed by atoms with Crippen LogP contribution in [-0.2, 0) is 11.0 Å². The second kappa shape index (κ2) is 6.18. The van der Waals surface area contributed by atoms with E-state index in [1.807, 2.05) is 0 Å². The lowest BCUT2D eigenvalue weighted by Crippen LogP contribution is -2.06. The molecular formula is C14H8BrClF3NO2. The van der Waals surface area contributed by atoms with Crippen molar-refractivity contribution < 1.29 is 22.4 Å². The maximum Gasteiger partial charge on any atom is 0.417 e. The summed E-state index contributed by atoms with van der Waals surface area (Å²) in [7, 11) is 0. The fraction of sp³-hybridized carbons (Fsp3) is 0.0714. The Morgan fingerprint density at radius 2 is 2.00 bits per heavy atom. The second-order valence-corrected chi connectivity index (χ2v) is 5.51. The van der Waals surface area contributed by atoms with Crippen LogP contribution in [-0.4, -0.2) is 5.91 Å². The number of carbonyl (C=O) groups is 1. The van der Waals surface area contributed by atoms with Gasteiger partial charge in [0.05, 0.1) is 10.6 Å². The molecule has 3 nitrogen and oxygen atoms in total. The topological polar surface area (TPSA) is 56.2 Å². The third kappa shape index (κ3) is 3.72. The molecule has 0 radical (unpaired) electrons. The van der Waals surface area contributed by atoms with Gasteiger partial charge in [0.25, 0.3) is 0 Å². The number of furan rings is 1. The average Bonchev–Trinajstić information content (AvgIpc) is 2.83. The van der Waals surface area contributed by atoms with Crippen molar-refractivity contribution in [1.82, 2.24) is 0 Å². The van der Waals surface area contributed by atoms with E-state index in [2.05, 4.69) is 15.9 Å². The largest absolute Gasteiger partial charge is 0.457 e. The second-order valence-electron chi connectivity index (χ2n) is 4.25. The van der Waals surface area contributed by atoms with Crippen molar-refractivity contribution >= 4 is 39.5 Å². The number of nitrogens with two attached hydrogens (primary N) is 1. The van der Waals surface area contributed by atoms with Crippen molar-refractivity contribution in [2.75, 3.05) is 0 Å². The quantitative estimate of drug-likeness (QED) is 0.754. The van der Waals surface area contributed by atoms with Gasteiger partial charge in [0.1, 0.15) is 11.5 Å². The van der Waals surface area contributed by atoms with E-state index < -0.39 is 17.6 Å². The van der Waals surface area contributed by atoms with Gasteiger partial charge in [0.15, 0.2) is 0 Å². The number of amides is 1. The van der Waals surface area contributed by atoms with Gasteiger partial charge in [-0.1, -0.05) is 27.5 Å². The average molecular weight is 395 g/mol. The predicted molar refractivity (Wildman–Crippen MR) is 80.1 cm³/mol. The molecule has 0 spiro atoms. The van der Waals surface area contributed by atoms with Crippen LogP contribution in [0, 0.1) is 0 Å². The number of benzene rings is 1. The van der Waals surface area contributed by atoms with E-state index in [0.29, 0.717) is 0 Å². The summed E-state index contributed by atoms with van der Waals surface area (Å²) in [4.78, 5) is 10.6. The lowest BCUT2D eigenvalue weighted by molar-refractivity contribution is -0.138. The monoisotopic (exact) mass is 393 g/mol. The molecule has 0 saturated carbocycles. The van der Waals surface area contributed by atoms with Crippen molar-refractivity contribution in [3.63, 3.8) is 0 Å². The fourth-order valence-electron chi connectivity index (χ4n) is 1.71. The van der Waals surface area contributed by atoms with Gasteiger partial charge in [0.2, 0.25) is 5.91 Å². The molecule has 0 saturated heterocycles. The number of halogens is 5. The molecule has 1 amide bonds. The van der Waals surface area contributed by atoms with E-state index in [9.17, 15) is 18.0 Å². The van der Waals surface area contributed by atoms with Crippen molar-refractivity contribution in [1.29, 1.82) is 0 Å². The third-order valence-corrected chi connectivity index (χ3v) is 3.64. The molecule has 116 valence electrons. The first-order valence-electron chi connectivity index (χ1n) is 5.82. The lowest BCUT2D eigenvalue weighted by Gasteiger charge is -2.11. The molecule has 0 atom stereocenters. The summed E-state index contributed by atoms with van der Waals surface area (Å²) in [6.45, 7) is 0. The molecule has 2 aromatic rings. The number of hydrogen-bond acceptors (Lipinski definition) is 2. The summed E-state index contributed by atoms with van der Waals surface area (Å²) >= 11 is 8.81. The van der Waals surface area contributed by atoms with Crippen LogP contribution in [0.5, 0.6) is 0 Å². The van der Waals surface area contributed by atoms with Crippen LogP contribution >= 0.6 is 27.5 Å². The summed E-state index contributed by atoms with van der Waals surface area (Å²) < 4.78 is 44.0. The van der Waals surface area contributed by atoms with Gasteiger partial charge in [-0.25, -0.2) is 0 Å². The molecule has 1 aromatic carbocycles. The van der Waals surface area contributed by atoms with Crippen LogP contribution in [0.3, 0.4) is 0 Å². The Kier molecular flexibility index (Phi) is 4.67. The highest BCUT2D eigenvalue weighted by molar-refractivity contribution is 9.10. The van der Waals surface area contributed by atoms with Gasteiger partial charge in [-0.15, -0.1) is 0 Å². The van der Waals surface area contributed by atoms with E-state index in [1.165, 1.54) is 18.2 Å². The molecule has 2 N–H and O–H groups in total. The molecular weight excluding hydrogens is 387 g/mol. The molecule has 8 heteroatoms. The van der Waals surface area contributed by atoms with E-state index in [0.717, 1.165) is 18.2 Å². The molecule has 1 aromatic heterocycles. The van der Waals surface area contributed by atoms with Gasteiger partial charge < -0.3 is 10.2 Å². The number of primary amides is 1. The van der Waals surface area contributed by atoms with Gasteiger partial charge in [0, 0.05) is 16.1 Å². The van der Waals surface area contributed by atoms with Crippen LogP contribution in [0.1, 0.15) is 11.3 Å². The zero-order valence-corrected chi connectivity index (χ0v) is 13.1. The zero-order valence-electron chi connectivity index (χ0n) is 10.7. The molecule has 22 heavy (non-hydrogen) atoms. The summed E-state index contributed by atoms with van der Waals surface area (Å²) in [5.41, 5.74) is 4.18. The molecule has 2 rings (SSSR count). The third-order valence-electron chi connectivity index (χ3n) is 2.67. The first-order valence-corrected chi connectivity index (χ1v) is 6.99. The Hall–Kier alpha value is -1.73. The Labute approximate surface area is 136 Å². The predicted octanol–water partition coefficient (Wildman–Crippen LogP) is 4.88. The summed E-state index contributed by atoms with van der Waals surface area (Å²) in [6.07, 6.45) is -2.14. The molecule has 0 aliphatic rings. The highest BCUT2D eigenvalue weighted by Crippen LogP contribution is 2.41. The van der Waals surface area contributed by atoms with Crippen molar-refractivity contribution in [2.45, 2.75) is 6.18 Å².